The van der Waals surface area contributed by atoms with Crippen LogP contribution in [0.25, 0.3) is 0 Å². The lowest BCUT2D eigenvalue weighted by Gasteiger charge is -2.08. The van der Waals surface area contributed by atoms with Gasteiger partial charge in [0.2, 0.25) is 0 Å². The summed E-state index contributed by atoms with van der Waals surface area (Å²) in [7, 11) is 0. The summed E-state index contributed by atoms with van der Waals surface area (Å²) in [5.74, 6) is 0.170. The molecule has 1 heterocycles. The molecule has 0 fully saturated rings. The maximum absolute atomic E-state index is 10.5. The summed E-state index contributed by atoms with van der Waals surface area (Å²) in [6, 6.07) is 1.00. The molecule has 0 amide bonds. The summed E-state index contributed by atoms with van der Waals surface area (Å²) in [6.45, 7) is -0.191. The molecule has 5 heteroatoms. The van der Waals surface area contributed by atoms with Crippen molar-refractivity contribution in [1.82, 2.24) is 4.98 Å². The number of anilines is 1. The second-order valence-electron chi connectivity index (χ2n) is 2.65. The molecule has 0 aliphatic rings. The molecule has 70 valence electrons. The Balaban J connectivity index is 3.05. The standard InChI is InChI=1S/C8H11N3O2/c9-7(4-13)5-1-6(3-12)8(10)11-2-5/h1-3,7,13H,4,9H2,(H2,10,11). The fourth-order valence-electron chi connectivity index (χ4n) is 0.912. The summed E-state index contributed by atoms with van der Waals surface area (Å²) < 4.78 is 0. The van der Waals surface area contributed by atoms with Crippen molar-refractivity contribution in [3.8, 4) is 0 Å². The van der Waals surface area contributed by atoms with Crippen LogP contribution in [0.15, 0.2) is 12.3 Å². The van der Waals surface area contributed by atoms with Crippen molar-refractivity contribution in [3.05, 3.63) is 23.4 Å². The van der Waals surface area contributed by atoms with Crippen LogP contribution in [0.1, 0.15) is 22.0 Å². The van der Waals surface area contributed by atoms with Crippen molar-refractivity contribution in [2.75, 3.05) is 12.3 Å². The van der Waals surface area contributed by atoms with Crippen molar-refractivity contribution < 1.29 is 9.90 Å². The Morgan fingerprint density at radius 1 is 1.69 bits per heavy atom. The molecular formula is C8H11N3O2. The summed E-state index contributed by atoms with van der Waals surface area (Å²) in [5, 5.41) is 8.75. The molecule has 0 aliphatic heterocycles. The van der Waals surface area contributed by atoms with Gasteiger partial charge in [-0.25, -0.2) is 4.98 Å². The van der Waals surface area contributed by atoms with Gasteiger partial charge in [-0.2, -0.15) is 0 Å². The van der Waals surface area contributed by atoms with E-state index in [1.807, 2.05) is 0 Å². The summed E-state index contributed by atoms with van der Waals surface area (Å²) >= 11 is 0. The molecule has 1 atom stereocenters. The molecule has 0 aromatic carbocycles. The molecule has 0 saturated heterocycles. The molecule has 1 rings (SSSR count). The van der Waals surface area contributed by atoms with Crippen molar-refractivity contribution >= 4 is 12.1 Å². The van der Waals surface area contributed by atoms with Gasteiger partial charge in [0, 0.05) is 6.20 Å². The number of hydrogen-bond donors (Lipinski definition) is 3. The molecule has 13 heavy (non-hydrogen) atoms. The van der Waals surface area contributed by atoms with E-state index in [2.05, 4.69) is 4.98 Å². The number of aldehydes is 1. The van der Waals surface area contributed by atoms with Gasteiger partial charge < -0.3 is 16.6 Å². The van der Waals surface area contributed by atoms with Crippen LogP contribution in [-0.2, 0) is 0 Å². The van der Waals surface area contributed by atoms with E-state index in [0.717, 1.165) is 0 Å². The van der Waals surface area contributed by atoms with Gasteiger partial charge in [-0.15, -0.1) is 0 Å². The summed E-state index contributed by atoms with van der Waals surface area (Å²) in [5.41, 5.74) is 11.8. The number of hydrogen-bond acceptors (Lipinski definition) is 5. The molecule has 1 aromatic heterocycles. The van der Waals surface area contributed by atoms with E-state index in [4.69, 9.17) is 16.6 Å². The van der Waals surface area contributed by atoms with Gasteiger partial charge in [0.1, 0.15) is 5.82 Å². The quantitative estimate of drug-likeness (QED) is 0.544. The second-order valence-corrected chi connectivity index (χ2v) is 2.65. The molecule has 0 aliphatic carbocycles. The lowest BCUT2D eigenvalue weighted by atomic mass is 10.1. The van der Waals surface area contributed by atoms with Crippen molar-refractivity contribution in [2.24, 2.45) is 5.73 Å². The first-order valence-electron chi connectivity index (χ1n) is 3.76. The van der Waals surface area contributed by atoms with Gasteiger partial charge >= 0.3 is 0 Å². The summed E-state index contributed by atoms with van der Waals surface area (Å²) in [4.78, 5) is 14.2. The van der Waals surface area contributed by atoms with Gasteiger partial charge in [-0.1, -0.05) is 0 Å². The first-order chi connectivity index (χ1) is 6.19. The highest BCUT2D eigenvalue weighted by molar-refractivity contribution is 5.81. The van der Waals surface area contributed by atoms with Gasteiger partial charge in [0.05, 0.1) is 18.2 Å². The lowest BCUT2D eigenvalue weighted by Crippen LogP contribution is -2.15. The van der Waals surface area contributed by atoms with Crippen LogP contribution >= 0.6 is 0 Å². The third kappa shape index (κ3) is 2.01. The topological polar surface area (TPSA) is 102 Å². The number of aliphatic hydroxyl groups excluding tert-OH is 1. The number of aliphatic hydroxyl groups is 1. The monoisotopic (exact) mass is 181 g/mol. The SMILES string of the molecule is Nc1ncc(C(N)CO)cc1C=O. The molecule has 1 unspecified atom stereocenters. The summed E-state index contributed by atoms with van der Waals surface area (Å²) in [6.07, 6.45) is 2.05. The zero-order chi connectivity index (χ0) is 9.84. The zero-order valence-corrected chi connectivity index (χ0v) is 6.97. The smallest absolute Gasteiger partial charge is 0.153 e. The van der Waals surface area contributed by atoms with E-state index in [1.54, 1.807) is 0 Å². The number of nitrogens with zero attached hydrogens (tertiary/aromatic N) is 1. The molecule has 0 saturated carbocycles. The number of nitrogens with two attached hydrogens (primary N) is 2. The third-order valence-electron chi connectivity index (χ3n) is 1.72. The molecule has 5 nitrogen and oxygen atoms in total. The van der Waals surface area contributed by atoms with E-state index < -0.39 is 6.04 Å². The average Bonchev–Trinajstić information content (AvgIpc) is 2.17. The van der Waals surface area contributed by atoms with Crippen molar-refractivity contribution in [2.45, 2.75) is 6.04 Å². The van der Waals surface area contributed by atoms with Crippen LogP contribution in [0.2, 0.25) is 0 Å². The van der Waals surface area contributed by atoms with Crippen molar-refractivity contribution in [1.29, 1.82) is 0 Å². The van der Waals surface area contributed by atoms with Crippen molar-refractivity contribution in [3.63, 3.8) is 0 Å². The van der Waals surface area contributed by atoms with Gasteiger partial charge in [0.25, 0.3) is 0 Å². The van der Waals surface area contributed by atoms with E-state index in [0.29, 0.717) is 17.4 Å². The molecule has 5 N–H and O–H groups in total. The van der Waals surface area contributed by atoms with E-state index in [9.17, 15) is 4.79 Å². The van der Waals surface area contributed by atoms with E-state index >= 15 is 0 Å². The van der Waals surface area contributed by atoms with Crippen LogP contribution in [-0.4, -0.2) is 23.0 Å². The molecule has 0 spiro atoms. The maximum atomic E-state index is 10.5. The highest BCUT2D eigenvalue weighted by atomic mass is 16.3. The largest absolute Gasteiger partial charge is 0.394 e. The predicted octanol–water partition coefficient (Wildman–Crippen LogP) is -0.532. The maximum Gasteiger partial charge on any atom is 0.153 e. The normalized spacial score (nSPS) is 12.5. The Kier molecular flexibility index (Phi) is 2.94. The minimum absolute atomic E-state index is 0.170. The Bertz CT molecular complexity index is 314. The first kappa shape index (κ1) is 9.63. The minimum Gasteiger partial charge on any atom is -0.394 e. The highest BCUT2D eigenvalue weighted by Crippen LogP contribution is 2.13. The zero-order valence-electron chi connectivity index (χ0n) is 6.97. The number of rotatable bonds is 3. The number of aromatic nitrogens is 1. The van der Waals surface area contributed by atoms with E-state index in [1.165, 1.54) is 12.3 Å². The van der Waals surface area contributed by atoms with Crippen LogP contribution in [0.4, 0.5) is 5.82 Å². The number of carbonyl (C=O) groups excluding carboxylic acids is 1. The van der Waals surface area contributed by atoms with Gasteiger partial charge in [-0.3, -0.25) is 4.79 Å². The Morgan fingerprint density at radius 2 is 2.38 bits per heavy atom. The third-order valence-corrected chi connectivity index (χ3v) is 1.72. The Labute approximate surface area is 75.4 Å². The number of carbonyl (C=O) groups is 1. The lowest BCUT2D eigenvalue weighted by molar-refractivity contribution is 0.112. The predicted molar refractivity (Wildman–Crippen MR) is 48.1 cm³/mol. The highest BCUT2D eigenvalue weighted by Gasteiger charge is 2.07. The first-order valence-corrected chi connectivity index (χ1v) is 3.76. The van der Waals surface area contributed by atoms with Crippen LogP contribution < -0.4 is 11.5 Å². The number of nitrogen functional groups attached to an aromatic ring is 1. The molecule has 0 radical (unpaired) electrons. The van der Waals surface area contributed by atoms with Crippen LogP contribution in [0, 0.1) is 0 Å². The molecule has 0 bridgehead atoms. The fraction of sp³-hybridized carbons (Fsp3) is 0.250. The van der Waals surface area contributed by atoms with Gasteiger partial charge in [0.15, 0.2) is 6.29 Å². The Hall–Kier alpha value is -1.46. The van der Waals surface area contributed by atoms with E-state index in [-0.39, 0.29) is 12.4 Å². The second kappa shape index (κ2) is 3.97. The van der Waals surface area contributed by atoms with Crippen LogP contribution in [0.5, 0.6) is 0 Å². The van der Waals surface area contributed by atoms with Gasteiger partial charge in [-0.05, 0) is 11.6 Å². The fourth-order valence-corrected chi connectivity index (χ4v) is 0.912. The molecule has 1 aromatic rings. The Morgan fingerprint density at radius 3 is 2.92 bits per heavy atom. The molecular weight excluding hydrogens is 170 g/mol. The average molecular weight is 181 g/mol. The van der Waals surface area contributed by atoms with Crippen LogP contribution in [0.3, 0.4) is 0 Å². The number of pyridine rings is 1. The minimum atomic E-state index is -0.521.